The number of sulfonamides is 1. The molecule has 1 aliphatic carbocycles. The first-order valence-electron chi connectivity index (χ1n) is 9.52. The fourth-order valence-corrected chi connectivity index (χ4v) is 4.17. The van der Waals surface area contributed by atoms with Gasteiger partial charge in [-0.1, -0.05) is 25.0 Å². The molecule has 1 saturated carbocycles. The van der Waals surface area contributed by atoms with Crippen LogP contribution >= 0.6 is 24.0 Å². The Kier molecular flexibility index (Phi) is 10.7. The number of rotatable bonds is 9. The van der Waals surface area contributed by atoms with Crippen LogP contribution in [0.5, 0.6) is 0 Å². The third-order valence-electron chi connectivity index (χ3n) is 5.19. The topological polar surface area (TPSA) is 106 Å². The molecule has 2 rings (SSSR count). The number of primary sulfonamides is 1. The number of nitrogens with two attached hydrogens (primary N) is 1. The van der Waals surface area contributed by atoms with Crippen LogP contribution < -0.4 is 15.8 Å². The van der Waals surface area contributed by atoms with Gasteiger partial charge in [-0.2, -0.15) is 0 Å². The molecule has 0 bridgehead atoms. The van der Waals surface area contributed by atoms with E-state index in [2.05, 4.69) is 15.6 Å². The summed E-state index contributed by atoms with van der Waals surface area (Å²) >= 11 is 0. The Morgan fingerprint density at radius 1 is 1.29 bits per heavy atom. The fraction of sp³-hybridized carbons (Fsp3) is 0.632. The molecule has 0 saturated heterocycles. The molecule has 4 N–H and O–H groups in total. The molecule has 0 amide bonds. The summed E-state index contributed by atoms with van der Waals surface area (Å²) in [5.74, 6) is 0.707. The Hall–Kier alpha value is -0.910. The Balaban J connectivity index is 0.00000392. The highest BCUT2D eigenvalue weighted by molar-refractivity contribution is 14.0. The molecular weight excluding hydrogens is 491 g/mol. The summed E-state index contributed by atoms with van der Waals surface area (Å²) < 4.78 is 28.5. The van der Waals surface area contributed by atoms with Gasteiger partial charge < -0.3 is 15.4 Å². The average Bonchev–Trinajstić information content (AvgIpc) is 3.11. The number of ether oxygens (including phenoxy) is 1. The number of halogens is 1. The van der Waals surface area contributed by atoms with Gasteiger partial charge in [0.05, 0.1) is 4.90 Å². The lowest BCUT2D eigenvalue weighted by molar-refractivity contribution is 0.105. The maximum atomic E-state index is 11.5. The third kappa shape index (κ3) is 7.84. The van der Waals surface area contributed by atoms with Crippen LogP contribution in [0.25, 0.3) is 0 Å². The molecule has 160 valence electrons. The first-order valence-corrected chi connectivity index (χ1v) is 11.1. The summed E-state index contributed by atoms with van der Waals surface area (Å²) in [6.07, 6.45) is 6.00. The van der Waals surface area contributed by atoms with Crippen molar-refractivity contribution in [2.24, 2.45) is 15.5 Å². The molecule has 28 heavy (non-hydrogen) atoms. The standard InChI is InChI=1S/C19H32N4O3S.HI/c1-3-26-12-11-19(9-4-5-10-19)15-23-18(21-2)22-14-16-7-6-8-17(13-16)27(20,24)25;/h6-8,13H,3-5,9-12,14-15H2,1-2H3,(H2,20,24,25)(H2,21,22,23);1H. The molecule has 1 aromatic carbocycles. The SMILES string of the molecule is CCOCCC1(CNC(=NC)NCc2cccc(S(N)(=O)=O)c2)CCCC1.I. The van der Waals surface area contributed by atoms with Gasteiger partial charge in [0.2, 0.25) is 10.0 Å². The van der Waals surface area contributed by atoms with Crippen molar-refractivity contribution in [3.05, 3.63) is 29.8 Å². The van der Waals surface area contributed by atoms with E-state index in [4.69, 9.17) is 9.88 Å². The number of nitrogens with one attached hydrogen (secondary N) is 2. The molecule has 0 aromatic heterocycles. The van der Waals surface area contributed by atoms with E-state index in [0.29, 0.717) is 12.5 Å². The molecule has 7 nitrogen and oxygen atoms in total. The van der Waals surface area contributed by atoms with E-state index in [9.17, 15) is 8.42 Å². The molecule has 1 fully saturated rings. The molecule has 0 heterocycles. The zero-order chi connectivity index (χ0) is 19.8. The van der Waals surface area contributed by atoms with E-state index in [1.165, 1.54) is 31.7 Å². The Morgan fingerprint density at radius 2 is 2.00 bits per heavy atom. The number of hydrogen-bond acceptors (Lipinski definition) is 4. The smallest absolute Gasteiger partial charge is 0.238 e. The average molecular weight is 524 g/mol. The largest absolute Gasteiger partial charge is 0.382 e. The highest BCUT2D eigenvalue weighted by Gasteiger charge is 2.33. The van der Waals surface area contributed by atoms with E-state index < -0.39 is 10.0 Å². The third-order valence-corrected chi connectivity index (χ3v) is 6.10. The van der Waals surface area contributed by atoms with Crippen LogP contribution in [0.2, 0.25) is 0 Å². The van der Waals surface area contributed by atoms with Gasteiger partial charge in [0.25, 0.3) is 0 Å². The Bertz CT molecular complexity index is 734. The van der Waals surface area contributed by atoms with Gasteiger partial charge in [0.15, 0.2) is 5.96 Å². The van der Waals surface area contributed by atoms with Crippen molar-refractivity contribution in [2.45, 2.75) is 50.5 Å². The zero-order valence-corrected chi connectivity index (χ0v) is 19.9. The number of nitrogens with zero attached hydrogens (tertiary/aromatic N) is 1. The van der Waals surface area contributed by atoms with E-state index in [1.807, 2.05) is 13.0 Å². The minimum Gasteiger partial charge on any atom is -0.382 e. The summed E-state index contributed by atoms with van der Waals surface area (Å²) in [7, 11) is -1.96. The second-order valence-electron chi connectivity index (χ2n) is 7.13. The zero-order valence-electron chi connectivity index (χ0n) is 16.7. The Morgan fingerprint density at radius 3 is 2.61 bits per heavy atom. The molecule has 0 aliphatic heterocycles. The lowest BCUT2D eigenvalue weighted by Crippen LogP contribution is -2.43. The minimum atomic E-state index is -3.70. The van der Waals surface area contributed by atoms with Crippen LogP contribution in [-0.2, 0) is 21.3 Å². The van der Waals surface area contributed by atoms with Crippen LogP contribution in [0, 0.1) is 5.41 Å². The van der Waals surface area contributed by atoms with E-state index in [0.717, 1.165) is 31.7 Å². The maximum absolute atomic E-state index is 11.5. The van der Waals surface area contributed by atoms with Crippen molar-refractivity contribution < 1.29 is 13.2 Å². The van der Waals surface area contributed by atoms with Crippen LogP contribution in [0.15, 0.2) is 34.2 Å². The van der Waals surface area contributed by atoms with Crippen molar-refractivity contribution in [3.8, 4) is 0 Å². The minimum absolute atomic E-state index is 0. The van der Waals surface area contributed by atoms with Gasteiger partial charge in [-0.05, 0) is 49.3 Å². The molecular formula is C19H33IN4O3S. The summed E-state index contributed by atoms with van der Waals surface area (Å²) in [6, 6.07) is 6.62. The summed E-state index contributed by atoms with van der Waals surface area (Å²) in [5.41, 5.74) is 1.09. The van der Waals surface area contributed by atoms with E-state index >= 15 is 0 Å². The van der Waals surface area contributed by atoms with Crippen LogP contribution in [-0.4, -0.2) is 41.2 Å². The van der Waals surface area contributed by atoms with Gasteiger partial charge in [-0.25, -0.2) is 13.6 Å². The second-order valence-corrected chi connectivity index (χ2v) is 8.69. The molecule has 0 radical (unpaired) electrons. The lowest BCUT2D eigenvalue weighted by atomic mass is 9.83. The molecule has 0 unspecified atom stereocenters. The second kappa shape index (κ2) is 11.9. The predicted octanol–water partition coefficient (Wildman–Crippen LogP) is 2.60. The predicted molar refractivity (Wildman–Crippen MR) is 123 cm³/mol. The van der Waals surface area contributed by atoms with Crippen molar-refractivity contribution in [2.75, 3.05) is 26.8 Å². The monoisotopic (exact) mass is 524 g/mol. The molecule has 0 spiro atoms. The number of guanidine groups is 1. The van der Waals surface area contributed by atoms with Gasteiger partial charge >= 0.3 is 0 Å². The van der Waals surface area contributed by atoms with Gasteiger partial charge in [-0.15, -0.1) is 24.0 Å². The van der Waals surface area contributed by atoms with Crippen LogP contribution in [0.3, 0.4) is 0 Å². The molecule has 0 atom stereocenters. The Labute approximate surface area is 186 Å². The van der Waals surface area contributed by atoms with Crippen LogP contribution in [0.4, 0.5) is 0 Å². The number of hydrogen-bond donors (Lipinski definition) is 3. The van der Waals surface area contributed by atoms with E-state index in [1.54, 1.807) is 19.2 Å². The summed E-state index contributed by atoms with van der Waals surface area (Å²) in [4.78, 5) is 4.40. The lowest BCUT2D eigenvalue weighted by Gasteiger charge is -2.30. The highest BCUT2D eigenvalue weighted by atomic mass is 127. The number of benzene rings is 1. The van der Waals surface area contributed by atoms with E-state index in [-0.39, 0.29) is 34.3 Å². The normalized spacial score (nSPS) is 16.5. The molecule has 1 aliphatic rings. The summed E-state index contributed by atoms with van der Waals surface area (Å²) in [5, 5.41) is 11.9. The van der Waals surface area contributed by atoms with Gasteiger partial charge in [0, 0.05) is 33.4 Å². The van der Waals surface area contributed by atoms with Gasteiger partial charge in [0.1, 0.15) is 0 Å². The molecule has 9 heteroatoms. The first-order chi connectivity index (χ1) is 12.9. The highest BCUT2D eigenvalue weighted by Crippen LogP contribution is 2.40. The quantitative estimate of drug-likeness (QED) is 0.199. The van der Waals surface area contributed by atoms with Crippen molar-refractivity contribution >= 4 is 40.0 Å². The van der Waals surface area contributed by atoms with Crippen LogP contribution in [0.1, 0.15) is 44.6 Å². The molecule has 1 aromatic rings. The fourth-order valence-electron chi connectivity index (χ4n) is 3.58. The van der Waals surface area contributed by atoms with Crippen molar-refractivity contribution in [1.82, 2.24) is 10.6 Å². The van der Waals surface area contributed by atoms with Crippen molar-refractivity contribution in [1.29, 1.82) is 0 Å². The summed E-state index contributed by atoms with van der Waals surface area (Å²) in [6.45, 7) is 4.90. The first kappa shape index (κ1) is 25.1. The maximum Gasteiger partial charge on any atom is 0.238 e. The van der Waals surface area contributed by atoms with Gasteiger partial charge in [-0.3, -0.25) is 4.99 Å². The van der Waals surface area contributed by atoms with Crippen molar-refractivity contribution in [3.63, 3.8) is 0 Å². The number of aliphatic imine (C=N–C) groups is 1.